The van der Waals surface area contributed by atoms with Crippen molar-refractivity contribution in [1.29, 1.82) is 0 Å². The van der Waals surface area contributed by atoms with Crippen molar-refractivity contribution in [3.05, 3.63) is 34.2 Å². The minimum absolute atomic E-state index is 0.129. The molecule has 21 heavy (non-hydrogen) atoms. The third-order valence-corrected chi connectivity index (χ3v) is 5.82. The molecule has 0 amide bonds. The first-order chi connectivity index (χ1) is 10.0. The van der Waals surface area contributed by atoms with E-state index in [0.29, 0.717) is 12.1 Å². The lowest BCUT2D eigenvalue weighted by atomic mass is 10.1. The first-order valence-corrected chi connectivity index (χ1v) is 8.28. The average Bonchev–Trinajstić information content (AvgIpc) is 3.05. The molecule has 1 aliphatic carbocycles. The molecular formula is C15H18N2O3S. The number of imidazole rings is 1. The molecule has 0 atom stereocenters. The molecule has 1 fully saturated rings. The first-order valence-electron chi connectivity index (χ1n) is 7.06. The number of nitrogens with one attached hydrogen (secondary N) is 1. The average molecular weight is 306 g/mol. The fraction of sp³-hybridized carbons (Fsp3) is 0.467. The largest absolute Gasteiger partial charge is 0.478 e. The molecule has 0 aliphatic heterocycles. The van der Waals surface area contributed by atoms with Crippen LogP contribution in [0.2, 0.25) is 0 Å². The van der Waals surface area contributed by atoms with Crippen LogP contribution >= 0.6 is 11.8 Å². The minimum atomic E-state index is -0.984. The molecule has 1 aromatic carbocycles. The van der Waals surface area contributed by atoms with E-state index in [1.807, 2.05) is 11.8 Å². The van der Waals surface area contributed by atoms with Crippen LogP contribution in [0.3, 0.4) is 0 Å². The number of H-pyrrole nitrogens is 1. The van der Waals surface area contributed by atoms with E-state index < -0.39 is 5.97 Å². The number of carbonyl (C=O) groups is 1. The second kappa shape index (κ2) is 5.26. The summed E-state index contributed by atoms with van der Waals surface area (Å²) in [7, 11) is 0. The lowest BCUT2D eigenvalue weighted by molar-refractivity contribution is 0.0697. The van der Waals surface area contributed by atoms with Gasteiger partial charge in [0.05, 0.1) is 16.6 Å². The van der Waals surface area contributed by atoms with Gasteiger partial charge in [-0.1, -0.05) is 12.8 Å². The summed E-state index contributed by atoms with van der Waals surface area (Å²) in [4.78, 5) is 26.0. The molecule has 6 heteroatoms. The highest BCUT2D eigenvalue weighted by atomic mass is 32.2. The highest BCUT2D eigenvalue weighted by Gasteiger charge is 2.34. The van der Waals surface area contributed by atoms with Crippen LogP contribution in [-0.2, 0) is 6.54 Å². The number of nitrogens with zero attached hydrogens (tertiary/aromatic N) is 1. The van der Waals surface area contributed by atoms with Gasteiger partial charge in [0.15, 0.2) is 0 Å². The topological polar surface area (TPSA) is 75.1 Å². The zero-order chi connectivity index (χ0) is 15.0. The summed E-state index contributed by atoms with van der Waals surface area (Å²) in [6.07, 6.45) is 6.77. The van der Waals surface area contributed by atoms with Crippen LogP contribution < -0.4 is 5.69 Å². The predicted molar refractivity (Wildman–Crippen MR) is 84.2 cm³/mol. The number of aromatic nitrogens is 2. The normalized spacial score (nSPS) is 17.4. The van der Waals surface area contributed by atoms with E-state index >= 15 is 0 Å². The molecule has 0 spiro atoms. The van der Waals surface area contributed by atoms with Crippen molar-refractivity contribution < 1.29 is 9.90 Å². The summed E-state index contributed by atoms with van der Waals surface area (Å²) in [5.41, 5.74) is 1.41. The maximum absolute atomic E-state index is 12.2. The molecule has 2 aromatic rings. The van der Waals surface area contributed by atoms with E-state index in [0.717, 1.165) is 18.4 Å². The zero-order valence-corrected chi connectivity index (χ0v) is 12.7. The number of hydrogen-bond donors (Lipinski definition) is 2. The van der Waals surface area contributed by atoms with Crippen LogP contribution in [0.25, 0.3) is 11.0 Å². The molecule has 5 nitrogen and oxygen atoms in total. The molecule has 0 unspecified atom stereocenters. The van der Waals surface area contributed by atoms with Crippen molar-refractivity contribution in [3.8, 4) is 0 Å². The summed E-state index contributed by atoms with van der Waals surface area (Å²) in [5, 5.41) is 9.03. The highest BCUT2D eigenvalue weighted by Crippen LogP contribution is 2.41. The summed E-state index contributed by atoms with van der Waals surface area (Å²) >= 11 is 1.84. The molecule has 0 bridgehead atoms. The zero-order valence-electron chi connectivity index (χ0n) is 11.9. The fourth-order valence-corrected chi connectivity index (χ4v) is 4.14. The quantitative estimate of drug-likeness (QED) is 0.910. The second-order valence-corrected chi connectivity index (χ2v) is 6.92. The van der Waals surface area contributed by atoms with Crippen molar-refractivity contribution >= 4 is 28.8 Å². The third-order valence-electron chi connectivity index (χ3n) is 4.42. The monoisotopic (exact) mass is 306 g/mol. The third kappa shape index (κ3) is 2.48. The maximum Gasteiger partial charge on any atom is 0.335 e. The Balaban J connectivity index is 2.04. The highest BCUT2D eigenvalue weighted by molar-refractivity contribution is 8.00. The Bertz CT molecular complexity index is 741. The number of thioether (sulfide) groups is 1. The van der Waals surface area contributed by atoms with Gasteiger partial charge in [-0.2, -0.15) is 11.8 Å². The Morgan fingerprint density at radius 1 is 1.43 bits per heavy atom. The molecule has 2 N–H and O–H groups in total. The van der Waals surface area contributed by atoms with Gasteiger partial charge in [0, 0.05) is 11.3 Å². The van der Waals surface area contributed by atoms with Crippen LogP contribution in [0.1, 0.15) is 36.0 Å². The number of carboxylic acids is 1. The first kappa shape index (κ1) is 14.3. The van der Waals surface area contributed by atoms with Gasteiger partial charge in [0.2, 0.25) is 0 Å². The van der Waals surface area contributed by atoms with Crippen LogP contribution in [0.4, 0.5) is 0 Å². The van der Waals surface area contributed by atoms with E-state index in [1.54, 1.807) is 16.7 Å². The smallest absolute Gasteiger partial charge is 0.335 e. The molecule has 1 heterocycles. The lowest BCUT2D eigenvalue weighted by Gasteiger charge is -2.27. The molecule has 112 valence electrons. The molecule has 1 saturated carbocycles. The molecule has 1 aromatic heterocycles. The summed E-state index contributed by atoms with van der Waals surface area (Å²) in [5.74, 6) is -0.984. The van der Waals surface area contributed by atoms with E-state index in [4.69, 9.17) is 5.11 Å². The van der Waals surface area contributed by atoms with Crippen LogP contribution in [0.15, 0.2) is 23.0 Å². The Morgan fingerprint density at radius 2 is 2.14 bits per heavy atom. The molecular weight excluding hydrogens is 288 g/mol. The summed E-state index contributed by atoms with van der Waals surface area (Å²) in [6, 6.07) is 4.80. The number of aromatic carboxylic acids is 1. The van der Waals surface area contributed by atoms with Crippen LogP contribution in [0, 0.1) is 0 Å². The standard InChI is InChI=1S/C15H18N2O3S/c1-21-15(6-2-3-7-15)9-17-12-5-4-10(13(18)19)8-11(12)16-14(17)20/h4-5,8H,2-3,6-7,9H2,1H3,(H,16,20)(H,18,19). The van der Waals surface area contributed by atoms with Gasteiger partial charge >= 0.3 is 11.7 Å². The Hall–Kier alpha value is -1.69. The number of carboxylic acid groups (broad SMARTS) is 1. The van der Waals surface area contributed by atoms with E-state index in [9.17, 15) is 9.59 Å². The van der Waals surface area contributed by atoms with Gasteiger partial charge in [-0.3, -0.25) is 4.57 Å². The van der Waals surface area contributed by atoms with Gasteiger partial charge in [0.25, 0.3) is 0 Å². The molecule has 1 aliphatic rings. The van der Waals surface area contributed by atoms with E-state index in [1.165, 1.54) is 18.9 Å². The van der Waals surface area contributed by atoms with Crippen molar-refractivity contribution in [2.75, 3.05) is 6.26 Å². The number of aromatic amines is 1. The number of hydrogen-bond acceptors (Lipinski definition) is 3. The van der Waals surface area contributed by atoms with Gasteiger partial charge in [-0.25, -0.2) is 9.59 Å². The Kier molecular flexibility index (Phi) is 3.57. The minimum Gasteiger partial charge on any atom is -0.478 e. The Labute approximate surface area is 126 Å². The Morgan fingerprint density at radius 3 is 2.76 bits per heavy atom. The van der Waals surface area contributed by atoms with Crippen molar-refractivity contribution in [3.63, 3.8) is 0 Å². The van der Waals surface area contributed by atoms with Crippen molar-refractivity contribution in [1.82, 2.24) is 9.55 Å². The fourth-order valence-electron chi connectivity index (χ4n) is 3.19. The summed E-state index contributed by atoms with van der Waals surface area (Å²) in [6.45, 7) is 0.680. The van der Waals surface area contributed by atoms with Crippen LogP contribution in [-0.4, -0.2) is 31.6 Å². The van der Waals surface area contributed by atoms with Crippen molar-refractivity contribution in [2.45, 2.75) is 37.0 Å². The van der Waals surface area contributed by atoms with Gasteiger partial charge < -0.3 is 10.1 Å². The van der Waals surface area contributed by atoms with E-state index in [-0.39, 0.29) is 16.0 Å². The van der Waals surface area contributed by atoms with Gasteiger partial charge in [0.1, 0.15) is 0 Å². The molecule has 0 saturated heterocycles. The number of fused-ring (bicyclic) bond motifs is 1. The maximum atomic E-state index is 12.2. The van der Waals surface area contributed by atoms with Crippen molar-refractivity contribution in [2.24, 2.45) is 0 Å². The van der Waals surface area contributed by atoms with Gasteiger partial charge in [-0.15, -0.1) is 0 Å². The van der Waals surface area contributed by atoms with Gasteiger partial charge in [-0.05, 0) is 37.3 Å². The second-order valence-electron chi connectivity index (χ2n) is 5.65. The molecule has 3 rings (SSSR count). The molecule has 0 radical (unpaired) electrons. The predicted octanol–water partition coefficient (Wildman–Crippen LogP) is 2.70. The van der Waals surface area contributed by atoms with E-state index in [2.05, 4.69) is 11.2 Å². The SMILES string of the molecule is CSC1(Cn2c(=O)[nH]c3cc(C(=O)O)ccc32)CCCC1. The lowest BCUT2D eigenvalue weighted by Crippen LogP contribution is -2.31. The number of benzene rings is 1. The van der Waals surface area contributed by atoms with Crippen LogP contribution in [0.5, 0.6) is 0 Å². The number of rotatable bonds is 4. The summed E-state index contributed by atoms with van der Waals surface area (Å²) < 4.78 is 1.88.